The quantitative estimate of drug-likeness (QED) is 0.355. The predicted octanol–water partition coefficient (Wildman–Crippen LogP) is 3.15. The first kappa shape index (κ1) is 21.1. The molecular weight excluding hydrogens is 440 g/mol. The molecule has 5 aromatic rings. The molecule has 1 N–H and O–H groups in total. The van der Waals surface area contributed by atoms with Crippen LogP contribution in [0.4, 0.5) is 0 Å². The van der Waals surface area contributed by atoms with Gasteiger partial charge in [0, 0.05) is 34.9 Å². The van der Waals surface area contributed by atoms with Gasteiger partial charge in [-0.1, -0.05) is 36.4 Å². The average molecular weight is 463 g/mol. The summed E-state index contributed by atoms with van der Waals surface area (Å²) < 4.78 is 37.5. The fourth-order valence-corrected chi connectivity index (χ4v) is 5.15. The Kier molecular flexibility index (Phi) is 5.53. The number of ether oxygens (including phenoxy) is 1. The van der Waals surface area contributed by atoms with Crippen molar-refractivity contribution in [2.45, 2.75) is 17.9 Å². The lowest BCUT2D eigenvalue weighted by atomic mass is 10.2. The van der Waals surface area contributed by atoms with Crippen molar-refractivity contribution in [3.8, 4) is 11.4 Å². The van der Waals surface area contributed by atoms with Gasteiger partial charge in [0.2, 0.25) is 10.0 Å². The Morgan fingerprint density at radius 2 is 1.67 bits per heavy atom. The van der Waals surface area contributed by atoms with Crippen molar-refractivity contribution >= 4 is 31.8 Å². The molecular formula is C23H22N6O3S. The minimum absolute atomic E-state index is 0.116. The largest absolute Gasteiger partial charge is 0.494 e. The number of sulfonamides is 1. The molecule has 0 fully saturated rings. The van der Waals surface area contributed by atoms with Crippen molar-refractivity contribution in [3.05, 3.63) is 73.1 Å². The van der Waals surface area contributed by atoms with E-state index in [1.165, 1.54) is 41.0 Å². The number of aromatic nitrogens is 5. The zero-order chi connectivity index (χ0) is 22.8. The molecule has 0 aliphatic carbocycles. The summed E-state index contributed by atoms with van der Waals surface area (Å²) in [5.74, 6) is 0.465. The Balaban J connectivity index is 1.33. The normalized spacial score (nSPS) is 11.9. The molecule has 0 atom stereocenters. The minimum atomic E-state index is -3.72. The fourth-order valence-electron chi connectivity index (χ4n) is 4.06. The van der Waals surface area contributed by atoms with E-state index in [4.69, 9.17) is 4.74 Å². The molecule has 33 heavy (non-hydrogen) atoms. The highest BCUT2D eigenvalue weighted by atomic mass is 32.2. The van der Waals surface area contributed by atoms with E-state index in [2.05, 4.69) is 49.1 Å². The lowest BCUT2D eigenvalue weighted by Gasteiger charge is -2.12. The van der Waals surface area contributed by atoms with Gasteiger partial charge in [-0.25, -0.2) is 13.1 Å². The topological polar surface area (TPSA) is 104 Å². The number of tetrazole rings is 1. The Hall–Kier alpha value is -3.76. The number of hydrogen-bond donors (Lipinski definition) is 1. The minimum Gasteiger partial charge on any atom is -0.494 e. The van der Waals surface area contributed by atoms with Gasteiger partial charge in [0.1, 0.15) is 17.8 Å². The summed E-state index contributed by atoms with van der Waals surface area (Å²) in [7, 11) is -2.22. The number of nitrogens with one attached hydrogen (secondary N) is 1. The van der Waals surface area contributed by atoms with Crippen LogP contribution in [0.1, 0.15) is 6.42 Å². The molecule has 0 amide bonds. The summed E-state index contributed by atoms with van der Waals surface area (Å²) in [5, 5.41) is 13.4. The van der Waals surface area contributed by atoms with Crippen LogP contribution >= 0.6 is 0 Å². The molecule has 0 bridgehead atoms. The molecule has 3 aromatic carbocycles. The van der Waals surface area contributed by atoms with E-state index >= 15 is 0 Å². The average Bonchev–Trinajstić information content (AvgIpc) is 3.49. The number of hydrogen-bond acceptors (Lipinski definition) is 6. The van der Waals surface area contributed by atoms with Crippen LogP contribution < -0.4 is 9.46 Å². The van der Waals surface area contributed by atoms with Crippen molar-refractivity contribution in [3.63, 3.8) is 0 Å². The van der Waals surface area contributed by atoms with E-state index in [9.17, 15) is 8.42 Å². The highest BCUT2D eigenvalue weighted by Gasteiger charge is 2.18. The Morgan fingerprint density at radius 3 is 2.30 bits per heavy atom. The molecule has 0 saturated heterocycles. The number of nitrogens with zero attached hydrogens (tertiary/aromatic N) is 5. The molecule has 0 aliphatic rings. The van der Waals surface area contributed by atoms with Crippen molar-refractivity contribution < 1.29 is 13.2 Å². The molecule has 2 aromatic heterocycles. The number of aryl methyl sites for hydroxylation is 1. The van der Waals surface area contributed by atoms with Crippen molar-refractivity contribution in [2.75, 3.05) is 13.7 Å². The van der Waals surface area contributed by atoms with E-state index in [-0.39, 0.29) is 4.90 Å². The summed E-state index contributed by atoms with van der Waals surface area (Å²) in [6, 6.07) is 21.1. The first-order chi connectivity index (χ1) is 16.1. The molecule has 9 nitrogen and oxygen atoms in total. The second-order valence-corrected chi connectivity index (χ2v) is 9.29. The van der Waals surface area contributed by atoms with Gasteiger partial charge in [0.05, 0.1) is 12.0 Å². The van der Waals surface area contributed by atoms with Gasteiger partial charge >= 0.3 is 0 Å². The van der Waals surface area contributed by atoms with Gasteiger partial charge in [0.25, 0.3) is 0 Å². The van der Waals surface area contributed by atoms with E-state index in [1.807, 2.05) is 24.3 Å². The Morgan fingerprint density at radius 1 is 0.970 bits per heavy atom. The van der Waals surface area contributed by atoms with Crippen molar-refractivity contribution in [1.29, 1.82) is 0 Å². The van der Waals surface area contributed by atoms with E-state index in [0.29, 0.717) is 30.9 Å². The van der Waals surface area contributed by atoms with Crippen LogP contribution in [-0.4, -0.2) is 46.8 Å². The van der Waals surface area contributed by atoms with Gasteiger partial charge in [-0.3, -0.25) is 0 Å². The molecule has 0 saturated carbocycles. The molecule has 0 spiro atoms. The monoisotopic (exact) mass is 462 g/mol. The Labute approximate surface area is 190 Å². The number of para-hydroxylation sites is 2. The Bertz CT molecular complexity index is 1470. The molecule has 10 heteroatoms. The van der Waals surface area contributed by atoms with E-state index in [0.717, 1.165) is 11.0 Å². The van der Waals surface area contributed by atoms with Crippen molar-refractivity contribution in [1.82, 2.24) is 29.5 Å². The zero-order valence-corrected chi connectivity index (χ0v) is 18.7. The maximum atomic E-state index is 12.9. The summed E-state index contributed by atoms with van der Waals surface area (Å²) in [5.41, 5.74) is 2.72. The highest BCUT2D eigenvalue weighted by Crippen LogP contribution is 2.29. The third kappa shape index (κ3) is 3.94. The first-order valence-electron chi connectivity index (χ1n) is 10.5. The smallest absolute Gasteiger partial charge is 0.240 e. The molecule has 0 aliphatic heterocycles. The van der Waals surface area contributed by atoms with E-state index in [1.54, 1.807) is 6.07 Å². The number of methoxy groups -OCH3 is 1. The van der Waals surface area contributed by atoms with Crippen LogP contribution in [0.2, 0.25) is 0 Å². The molecule has 168 valence electrons. The predicted molar refractivity (Wildman–Crippen MR) is 125 cm³/mol. The summed E-state index contributed by atoms with van der Waals surface area (Å²) >= 11 is 0. The van der Waals surface area contributed by atoms with Gasteiger partial charge in [0.15, 0.2) is 0 Å². The maximum Gasteiger partial charge on any atom is 0.240 e. The SMILES string of the molecule is COc1ccc(S(=O)(=O)NCCCn2c3ccccc3c3ccccc32)cc1-n1cnnn1. The zero-order valence-electron chi connectivity index (χ0n) is 17.9. The van der Waals surface area contributed by atoms with Crippen LogP contribution in [0, 0.1) is 0 Å². The third-order valence-corrected chi connectivity index (χ3v) is 7.05. The van der Waals surface area contributed by atoms with Crippen LogP contribution in [0.5, 0.6) is 5.75 Å². The second kappa shape index (κ2) is 8.64. The first-order valence-corrected chi connectivity index (χ1v) is 11.9. The third-order valence-electron chi connectivity index (χ3n) is 5.59. The summed E-state index contributed by atoms with van der Waals surface area (Å²) in [4.78, 5) is 0.116. The molecule has 0 unspecified atom stereocenters. The maximum absolute atomic E-state index is 12.9. The van der Waals surface area contributed by atoms with Gasteiger partial charge in [-0.05, 0) is 47.2 Å². The van der Waals surface area contributed by atoms with E-state index < -0.39 is 10.0 Å². The van der Waals surface area contributed by atoms with Gasteiger partial charge in [-0.2, -0.15) is 4.68 Å². The molecule has 5 rings (SSSR count). The lowest BCUT2D eigenvalue weighted by molar-refractivity contribution is 0.411. The number of benzene rings is 3. The van der Waals surface area contributed by atoms with Gasteiger partial charge < -0.3 is 9.30 Å². The van der Waals surface area contributed by atoms with Crippen molar-refractivity contribution in [2.24, 2.45) is 0 Å². The standard InChI is InChI=1S/C23H22N6O3S/c1-32-23-12-11-17(15-22(23)29-16-24-26-27-29)33(30,31)25-13-6-14-28-20-9-4-2-7-18(20)19-8-3-5-10-21(19)28/h2-5,7-12,15-16,25H,6,13-14H2,1H3. The summed E-state index contributed by atoms with van der Waals surface area (Å²) in [6.07, 6.45) is 2.02. The highest BCUT2D eigenvalue weighted by molar-refractivity contribution is 7.89. The van der Waals surface area contributed by atoms with Crippen LogP contribution in [-0.2, 0) is 16.6 Å². The fraction of sp³-hybridized carbons (Fsp3) is 0.174. The van der Waals surface area contributed by atoms with Crippen LogP contribution in [0.3, 0.4) is 0 Å². The number of fused-ring (bicyclic) bond motifs is 3. The van der Waals surface area contributed by atoms with Crippen LogP contribution in [0.15, 0.2) is 78.0 Å². The second-order valence-electron chi connectivity index (χ2n) is 7.53. The van der Waals surface area contributed by atoms with Gasteiger partial charge in [-0.15, -0.1) is 5.10 Å². The lowest BCUT2D eigenvalue weighted by Crippen LogP contribution is -2.25. The van der Waals surface area contributed by atoms with Crippen LogP contribution in [0.25, 0.3) is 27.5 Å². The number of rotatable bonds is 8. The molecule has 2 heterocycles. The summed E-state index contributed by atoms with van der Waals surface area (Å²) in [6.45, 7) is 0.991. The molecule has 0 radical (unpaired) electrons.